The van der Waals surface area contributed by atoms with Gasteiger partial charge in [0.2, 0.25) is 0 Å². The average molecular weight is 296 g/mol. The van der Waals surface area contributed by atoms with Crippen molar-refractivity contribution in [3.05, 3.63) is 29.6 Å². The lowest BCUT2D eigenvalue weighted by Gasteiger charge is -2.23. The zero-order valence-electron chi connectivity index (χ0n) is 13.3. The highest BCUT2D eigenvalue weighted by atomic mass is 19.1. The van der Waals surface area contributed by atoms with E-state index in [0.717, 1.165) is 12.1 Å². The summed E-state index contributed by atoms with van der Waals surface area (Å²) in [5.41, 5.74) is 0.851. The third-order valence-corrected chi connectivity index (χ3v) is 3.30. The van der Waals surface area contributed by atoms with Gasteiger partial charge in [-0.3, -0.25) is 4.79 Å². The van der Waals surface area contributed by atoms with Gasteiger partial charge in [-0.25, -0.2) is 4.39 Å². The molecule has 0 saturated heterocycles. The number of carbonyl (C=O) groups excluding carboxylic acids is 1. The highest BCUT2D eigenvalue weighted by Gasteiger charge is 2.20. The summed E-state index contributed by atoms with van der Waals surface area (Å²) in [5.74, 6) is -0.455. The topological polar surface area (TPSA) is 41.6 Å². The molecule has 0 aliphatic heterocycles. The van der Waals surface area contributed by atoms with Crippen LogP contribution in [-0.4, -0.2) is 36.5 Å². The third kappa shape index (κ3) is 5.01. The summed E-state index contributed by atoms with van der Waals surface area (Å²) in [7, 11) is 0. The number of likely N-dealkylation sites (N-methyl/N-ethyl adjacent to an activating group) is 1. The number of hydrogen-bond donors (Lipinski definition) is 1. The summed E-state index contributed by atoms with van der Waals surface area (Å²) >= 11 is 0. The quantitative estimate of drug-likeness (QED) is 0.801. The van der Waals surface area contributed by atoms with E-state index < -0.39 is 11.9 Å². The summed E-state index contributed by atoms with van der Waals surface area (Å²) in [4.78, 5) is 13.8. The van der Waals surface area contributed by atoms with Gasteiger partial charge < -0.3 is 15.0 Å². The lowest BCUT2D eigenvalue weighted by molar-refractivity contribution is -0.137. The molecule has 0 saturated carbocycles. The van der Waals surface area contributed by atoms with E-state index >= 15 is 0 Å². The summed E-state index contributed by atoms with van der Waals surface area (Å²) in [6, 6.07) is 4.82. The van der Waals surface area contributed by atoms with E-state index in [4.69, 9.17) is 4.74 Å². The molecule has 0 aliphatic carbocycles. The Morgan fingerprint density at radius 3 is 2.52 bits per heavy atom. The standard InChI is InChI=1S/C16H25FN2O2/c1-5-18-11-13-8-9-15(14(17)10-13)21-12(4)16(20)19(6-2)7-3/h8-10,12,18H,5-7,11H2,1-4H3. The Morgan fingerprint density at radius 2 is 2.00 bits per heavy atom. The van der Waals surface area contributed by atoms with E-state index in [1.807, 2.05) is 20.8 Å². The molecule has 0 spiro atoms. The Hall–Kier alpha value is -1.62. The van der Waals surface area contributed by atoms with Crippen LogP contribution in [0.25, 0.3) is 0 Å². The number of amides is 1. The Morgan fingerprint density at radius 1 is 1.33 bits per heavy atom. The van der Waals surface area contributed by atoms with Crippen molar-refractivity contribution in [2.45, 2.75) is 40.3 Å². The van der Waals surface area contributed by atoms with Crippen LogP contribution in [0.2, 0.25) is 0 Å². The fourth-order valence-electron chi connectivity index (χ4n) is 2.05. The van der Waals surface area contributed by atoms with Crippen molar-refractivity contribution in [3.8, 4) is 5.75 Å². The van der Waals surface area contributed by atoms with Crippen LogP contribution in [0.15, 0.2) is 18.2 Å². The fourth-order valence-corrected chi connectivity index (χ4v) is 2.05. The van der Waals surface area contributed by atoms with Gasteiger partial charge in [0.05, 0.1) is 0 Å². The fraction of sp³-hybridized carbons (Fsp3) is 0.562. The summed E-state index contributed by atoms with van der Waals surface area (Å²) < 4.78 is 19.5. The van der Waals surface area contributed by atoms with Gasteiger partial charge in [-0.15, -0.1) is 0 Å². The molecule has 0 fully saturated rings. The zero-order valence-corrected chi connectivity index (χ0v) is 13.3. The molecule has 0 aromatic heterocycles. The first kappa shape index (κ1) is 17.4. The van der Waals surface area contributed by atoms with Crippen molar-refractivity contribution in [2.24, 2.45) is 0 Å². The van der Waals surface area contributed by atoms with E-state index in [9.17, 15) is 9.18 Å². The van der Waals surface area contributed by atoms with Crippen LogP contribution in [0.1, 0.15) is 33.3 Å². The third-order valence-electron chi connectivity index (χ3n) is 3.30. The van der Waals surface area contributed by atoms with E-state index in [-0.39, 0.29) is 11.7 Å². The number of benzene rings is 1. The molecule has 0 aliphatic rings. The predicted octanol–water partition coefficient (Wildman–Crippen LogP) is 2.57. The largest absolute Gasteiger partial charge is 0.478 e. The SMILES string of the molecule is CCNCc1ccc(OC(C)C(=O)N(CC)CC)c(F)c1. The molecule has 118 valence electrons. The minimum atomic E-state index is -0.695. The van der Waals surface area contributed by atoms with Gasteiger partial charge in [-0.05, 0) is 45.0 Å². The predicted molar refractivity (Wildman–Crippen MR) is 81.8 cm³/mol. The van der Waals surface area contributed by atoms with E-state index in [1.54, 1.807) is 24.0 Å². The molecule has 0 radical (unpaired) electrons. The van der Waals surface area contributed by atoms with Crippen molar-refractivity contribution < 1.29 is 13.9 Å². The zero-order chi connectivity index (χ0) is 15.8. The van der Waals surface area contributed by atoms with Crippen molar-refractivity contribution in [2.75, 3.05) is 19.6 Å². The average Bonchev–Trinajstić information content (AvgIpc) is 2.48. The molecule has 1 unspecified atom stereocenters. The Bertz CT molecular complexity index is 462. The number of hydrogen-bond acceptors (Lipinski definition) is 3. The van der Waals surface area contributed by atoms with Gasteiger partial charge in [0.25, 0.3) is 5.91 Å². The van der Waals surface area contributed by atoms with Crippen molar-refractivity contribution in [1.29, 1.82) is 0 Å². The second-order valence-corrected chi connectivity index (χ2v) is 4.82. The molecule has 5 heteroatoms. The number of rotatable bonds is 8. The minimum absolute atomic E-state index is 0.114. The van der Waals surface area contributed by atoms with Crippen molar-refractivity contribution in [1.82, 2.24) is 10.2 Å². The van der Waals surface area contributed by atoms with Gasteiger partial charge >= 0.3 is 0 Å². The van der Waals surface area contributed by atoms with Crippen molar-refractivity contribution in [3.63, 3.8) is 0 Å². The van der Waals surface area contributed by atoms with Crippen LogP contribution in [0.5, 0.6) is 5.75 Å². The smallest absolute Gasteiger partial charge is 0.263 e. The van der Waals surface area contributed by atoms with Crippen molar-refractivity contribution >= 4 is 5.91 Å². The first-order chi connectivity index (χ1) is 10.0. The van der Waals surface area contributed by atoms with Crippen LogP contribution in [-0.2, 0) is 11.3 Å². The molecular formula is C16H25FN2O2. The number of nitrogens with zero attached hydrogens (tertiary/aromatic N) is 1. The molecule has 1 aromatic rings. The maximum atomic E-state index is 14.0. The maximum Gasteiger partial charge on any atom is 0.263 e. The number of nitrogens with one attached hydrogen (secondary N) is 1. The molecule has 0 heterocycles. The summed E-state index contributed by atoms with van der Waals surface area (Å²) in [6.07, 6.45) is -0.695. The Labute approximate surface area is 126 Å². The van der Waals surface area contributed by atoms with E-state index in [2.05, 4.69) is 5.32 Å². The van der Waals surface area contributed by atoms with E-state index in [0.29, 0.717) is 19.6 Å². The number of carbonyl (C=O) groups is 1. The first-order valence-corrected chi connectivity index (χ1v) is 7.48. The van der Waals surface area contributed by atoms with Gasteiger partial charge in [0.15, 0.2) is 17.7 Å². The Kier molecular flexibility index (Phi) is 7.15. The maximum absolute atomic E-state index is 14.0. The minimum Gasteiger partial charge on any atom is -0.478 e. The van der Waals surface area contributed by atoms with Crippen LogP contribution >= 0.6 is 0 Å². The monoisotopic (exact) mass is 296 g/mol. The van der Waals surface area contributed by atoms with Crippen LogP contribution in [0.4, 0.5) is 4.39 Å². The summed E-state index contributed by atoms with van der Waals surface area (Å²) in [5, 5.41) is 3.13. The molecule has 1 aromatic carbocycles. The number of ether oxygens (including phenoxy) is 1. The molecule has 0 bridgehead atoms. The van der Waals surface area contributed by atoms with Gasteiger partial charge in [-0.1, -0.05) is 13.0 Å². The van der Waals surface area contributed by atoms with Crippen LogP contribution in [0, 0.1) is 5.82 Å². The lowest BCUT2D eigenvalue weighted by Crippen LogP contribution is -2.40. The molecular weight excluding hydrogens is 271 g/mol. The molecule has 1 N–H and O–H groups in total. The molecule has 1 rings (SSSR count). The lowest BCUT2D eigenvalue weighted by atomic mass is 10.2. The number of halogens is 1. The van der Waals surface area contributed by atoms with Crippen LogP contribution in [0.3, 0.4) is 0 Å². The molecule has 21 heavy (non-hydrogen) atoms. The Balaban J connectivity index is 2.72. The second kappa shape index (κ2) is 8.62. The van der Waals surface area contributed by atoms with Gasteiger partial charge in [0, 0.05) is 19.6 Å². The van der Waals surface area contributed by atoms with Gasteiger partial charge in [-0.2, -0.15) is 0 Å². The normalized spacial score (nSPS) is 12.0. The highest BCUT2D eigenvalue weighted by Crippen LogP contribution is 2.20. The molecule has 1 atom stereocenters. The summed E-state index contributed by atoms with van der Waals surface area (Å²) in [6.45, 7) is 10.1. The molecule has 4 nitrogen and oxygen atoms in total. The van der Waals surface area contributed by atoms with E-state index in [1.165, 1.54) is 6.07 Å². The highest BCUT2D eigenvalue weighted by molar-refractivity contribution is 5.80. The van der Waals surface area contributed by atoms with Gasteiger partial charge in [0.1, 0.15) is 0 Å². The first-order valence-electron chi connectivity index (χ1n) is 7.48. The molecule has 1 amide bonds. The van der Waals surface area contributed by atoms with Crippen LogP contribution < -0.4 is 10.1 Å². The second-order valence-electron chi connectivity index (χ2n) is 4.82.